The summed E-state index contributed by atoms with van der Waals surface area (Å²) in [4.78, 5) is 39.1. The molecule has 0 bridgehead atoms. The molecule has 1 saturated heterocycles. The van der Waals surface area contributed by atoms with Crippen molar-refractivity contribution < 1.29 is 28.6 Å². The smallest absolute Gasteiger partial charge is 0.338 e. The topological polar surface area (TPSA) is 78.9 Å². The molecule has 8 heteroatoms. The third kappa shape index (κ3) is 6.41. The number of methoxy groups -OCH3 is 1. The second kappa shape index (κ2) is 12.2. The second-order valence-corrected chi connectivity index (χ2v) is 10.1. The van der Waals surface area contributed by atoms with Crippen molar-refractivity contribution in [2.24, 2.45) is 0 Å². The van der Waals surface area contributed by atoms with E-state index in [1.54, 1.807) is 78.9 Å². The molecule has 1 heterocycles. The minimum Gasteiger partial charge on any atom is -0.452 e. The molecule has 6 nitrogen and oxygen atoms in total. The molecule has 1 aliphatic heterocycles. The van der Waals surface area contributed by atoms with Crippen molar-refractivity contribution in [3.8, 4) is 0 Å². The van der Waals surface area contributed by atoms with Gasteiger partial charge in [0.25, 0.3) is 0 Å². The largest absolute Gasteiger partial charge is 0.452 e. The average molecular weight is 509 g/mol. The van der Waals surface area contributed by atoms with Gasteiger partial charge in [-0.3, -0.25) is 9.59 Å². The summed E-state index contributed by atoms with van der Waals surface area (Å²) in [5.74, 6) is -0.556. The van der Waals surface area contributed by atoms with Crippen molar-refractivity contribution in [1.82, 2.24) is 0 Å². The van der Waals surface area contributed by atoms with Crippen LogP contribution in [0, 0.1) is 0 Å². The highest BCUT2D eigenvalue weighted by molar-refractivity contribution is 8.18. The van der Waals surface area contributed by atoms with Crippen molar-refractivity contribution in [1.29, 1.82) is 0 Å². The van der Waals surface area contributed by atoms with Gasteiger partial charge in [-0.05, 0) is 12.1 Å². The lowest BCUT2D eigenvalue weighted by molar-refractivity contribution is -0.197. The molecule has 4 rings (SSSR count). The summed E-state index contributed by atoms with van der Waals surface area (Å²) in [5, 5.41) is -1.39. The predicted octanol–water partition coefficient (Wildman–Crippen LogP) is 5.10. The van der Waals surface area contributed by atoms with Crippen LogP contribution in [0.5, 0.6) is 0 Å². The number of esters is 1. The molecule has 0 saturated carbocycles. The van der Waals surface area contributed by atoms with Crippen molar-refractivity contribution >= 4 is 39.7 Å². The Kier molecular flexibility index (Phi) is 8.76. The van der Waals surface area contributed by atoms with Crippen molar-refractivity contribution in [2.45, 2.75) is 22.9 Å². The second-order valence-electron chi connectivity index (χ2n) is 7.72. The number of benzene rings is 3. The van der Waals surface area contributed by atoms with Crippen LogP contribution in [0.4, 0.5) is 0 Å². The Morgan fingerprint density at radius 2 is 1.23 bits per heavy atom. The molecule has 0 aliphatic carbocycles. The minimum atomic E-state index is -0.916. The van der Waals surface area contributed by atoms with Gasteiger partial charge >= 0.3 is 5.97 Å². The number of hydrogen-bond donors (Lipinski definition) is 0. The lowest BCUT2D eigenvalue weighted by Crippen LogP contribution is -2.53. The van der Waals surface area contributed by atoms with E-state index in [0.29, 0.717) is 16.7 Å². The van der Waals surface area contributed by atoms with Crippen LogP contribution < -0.4 is 0 Å². The first-order valence-corrected chi connectivity index (χ1v) is 12.7. The van der Waals surface area contributed by atoms with Gasteiger partial charge in [0, 0.05) is 18.2 Å². The van der Waals surface area contributed by atoms with Gasteiger partial charge in [0.15, 0.2) is 12.4 Å². The maximum atomic E-state index is 13.2. The number of carbonyl (C=O) groups is 3. The van der Waals surface area contributed by atoms with Gasteiger partial charge in [0.05, 0.1) is 22.7 Å². The monoisotopic (exact) mass is 508 g/mol. The van der Waals surface area contributed by atoms with Gasteiger partial charge < -0.3 is 14.2 Å². The molecule has 1 aliphatic rings. The molecule has 180 valence electrons. The van der Waals surface area contributed by atoms with E-state index in [4.69, 9.17) is 14.2 Å². The Morgan fingerprint density at radius 3 is 1.74 bits per heavy atom. The Hall–Kier alpha value is -2.91. The maximum Gasteiger partial charge on any atom is 0.338 e. The van der Waals surface area contributed by atoms with E-state index in [2.05, 4.69) is 0 Å². The van der Waals surface area contributed by atoms with Crippen LogP contribution >= 0.6 is 23.5 Å². The molecule has 0 spiro atoms. The molecule has 3 aromatic carbocycles. The lowest BCUT2D eigenvalue weighted by Gasteiger charge is -2.40. The van der Waals surface area contributed by atoms with Crippen LogP contribution in [-0.2, 0) is 14.2 Å². The van der Waals surface area contributed by atoms with Crippen molar-refractivity contribution in [3.05, 3.63) is 108 Å². The highest BCUT2D eigenvalue weighted by Crippen LogP contribution is 2.38. The average Bonchev–Trinajstić information content (AvgIpc) is 2.91. The minimum absolute atomic E-state index is 0.152. The lowest BCUT2D eigenvalue weighted by atomic mass is 10.1. The summed E-state index contributed by atoms with van der Waals surface area (Å²) in [7, 11) is 1.46. The van der Waals surface area contributed by atoms with E-state index in [1.807, 2.05) is 12.1 Å². The van der Waals surface area contributed by atoms with Crippen LogP contribution in [-0.4, -0.2) is 52.8 Å². The summed E-state index contributed by atoms with van der Waals surface area (Å²) in [6.07, 6.45) is -1.80. The normalized spacial score (nSPS) is 21.7. The highest BCUT2D eigenvalue weighted by Gasteiger charge is 2.46. The van der Waals surface area contributed by atoms with E-state index in [1.165, 1.54) is 7.11 Å². The Balaban J connectivity index is 1.62. The number of hydrogen-bond acceptors (Lipinski definition) is 8. The fourth-order valence-electron chi connectivity index (χ4n) is 3.63. The Labute approximate surface area is 212 Å². The standard InChI is InChI=1S/C27H24O6S2/c1-31-27-22(33-24(28)18-11-5-2-6-12-18)23(35-26(30)20-15-9-4-10-16-20)21(17-32-27)34-25(29)19-13-7-3-8-14-19/h2-16,21-23,27H,17H2,1H3/t21-,22-,23-,27+/m1/s1. The summed E-state index contributed by atoms with van der Waals surface area (Å²) >= 11 is 2.11. The van der Waals surface area contributed by atoms with Gasteiger partial charge in [-0.25, -0.2) is 4.79 Å². The van der Waals surface area contributed by atoms with E-state index in [-0.39, 0.29) is 16.8 Å². The first-order chi connectivity index (χ1) is 17.1. The van der Waals surface area contributed by atoms with Gasteiger partial charge in [0.2, 0.25) is 10.2 Å². The van der Waals surface area contributed by atoms with Crippen LogP contribution in [0.25, 0.3) is 0 Å². The molecular weight excluding hydrogens is 484 g/mol. The van der Waals surface area contributed by atoms with Crippen LogP contribution in [0.3, 0.4) is 0 Å². The molecule has 35 heavy (non-hydrogen) atoms. The summed E-state index contributed by atoms with van der Waals surface area (Å²) in [5.41, 5.74) is 1.43. The van der Waals surface area contributed by atoms with Crippen LogP contribution in [0.1, 0.15) is 31.1 Å². The molecular formula is C27H24O6S2. The maximum absolute atomic E-state index is 13.2. The molecule has 3 aromatic rings. The highest BCUT2D eigenvalue weighted by atomic mass is 32.2. The van der Waals surface area contributed by atoms with Gasteiger partial charge in [-0.15, -0.1) is 0 Å². The summed E-state index contributed by atoms with van der Waals surface area (Å²) in [6.45, 7) is 0.154. The number of thioether (sulfide) groups is 2. The zero-order chi connectivity index (χ0) is 24.6. The van der Waals surface area contributed by atoms with E-state index in [0.717, 1.165) is 23.5 Å². The van der Waals surface area contributed by atoms with E-state index < -0.39 is 28.9 Å². The van der Waals surface area contributed by atoms with Crippen LogP contribution in [0.2, 0.25) is 0 Å². The fraction of sp³-hybridized carbons (Fsp3) is 0.222. The predicted molar refractivity (Wildman–Crippen MR) is 137 cm³/mol. The molecule has 1 fully saturated rings. The zero-order valence-electron chi connectivity index (χ0n) is 18.9. The van der Waals surface area contributed by atoms with Gasteiger partial charge in [-0.1, -0.05) is 102 Å². The van der Waals surface area contributed by atoms with Crippen molar-refractivity contribution in [2.75, 3.05) is 13.7 Å². The van der Waals surface area contributed by atoms with Gasteiger partial charge in [-0.2, -0.15) is 0 Å². The zero-order valence-corrected chi connectivity index (χ0v) is 20.6. The first kappa shape index (κ1) is 25.2. The number of ether oxygens (including phenoxy) is 3. The summed E-state index contributed by atoms with van der Waals surface area (Å²) in [6, 6.07) is 26.3. The molecule has 0 unspecified atom stereocenters. The Bertz CT molecular complexity index is 1140. The molecule has 4 atom stereocenters. The molecule has 0 aromatic heterocycles. The van der Waals surface area contributed by atoms with E-state index >= 15 is 0 Å². The van der Waals surface area contributed by atoms with E-state index in [9.17, 15) is 14.4 Å². The first-order valence-electron chi connectivity index (χ1n) is 11.0. The quantitative estimate of drug-likeness (QED) is 0.408. The molecule has 0 radical (unpaired) electrons. The third-order valence-electron chi connectivity index (χ3n) is 5.39. The van der Waals surface area contributed by atoms with Gasteiger partial charge in [0.1, 0.15) is 0 Å². The SMILES string of the molecule is CO[C@H]1OC[C@@H](SC(=O)c2ccccc2)[C@@H](SC(=O)c2ccccc2)[C@H]1OC(=O)c1ccccc1. The van der Waals surface area contributed by atoms with Crippen LogP contribution in [0.15, 0.2) is 91.0 Å². The van der Waals surface area contributed by atoms with Crippen molar-refractivity contribution in [3.63, 3.8) is 0 Å². The third-order valence-corrected chi connectivity index (χ3v) is 8.06. The number of rotatable bonds is 7. The fourth-order valence-corrected chi connectivity index (χ4v) is 6.01. The molecule has 0 amide bonds. The number of carbonyl (C=O) groups excluding carboxylic acids is 3. The summed E-state index contributed by atoms with van der Waals surface area (Å²) < 4.78 is 17.2. The molecule has 0 N–H and O–H groups in total. The Morgan fingerprint density at radius 1 is 0.743 bits per heavy atom.